The molecule has 6 heteroatoms. The van der Waals surface area contributed by atoms with E-state index in [1.54, 1.807) is 16.8 Å². The second-order valence-electron chi connectivity index (χ2n) is 7.66. The fraction of sp³-hybridized carbons (Fsp3) is 0.550. The number of amides is 4. The summed E-state index contributed by atoms with van der Waals surface area (Å²) < 4.78 is 0. The molecule has 1 aromatic carbocycles. The standard InChI is InChI=1S/C20H25N3O3/c1-21-19(26)23(18(25)20(21)10-5-2-6-11-20)14-17(24)22-12-9-15-7-3-4-8-16(15)13-22/h3-4,7-8H,2,5-6,9-14H2,1H3. The molecule has 0 N–H and O–H groups in total. The molecule has 4 rings (SSSR count). The van der Waals surface area contributed by atoms with E-state index in [9.17, 15) is 14.4 Å². The van der Waals surface area contributed by atoms with Gasteiger partial charge in [-0.3, -0.25) is 14.5 Å². The van der Waals surface area contributed by atoms with Gasteiger partial charge < -0.3 is 9.80 Å². The molecule has 3 aliphatic rings. The first-order chi connectivity index (χ1) is 12.5. The number of hydrogen-bond acceptors (Lipinski definition) is 3. The SMILES string of the molecule is CN1C(=O)N(CC(=O)N2CCc3ccccc3C2)C(=O)C12CCCCC2. The molecule has 0 atom stereocenters. The van der Waals surface area contributed by atoms with Crippen molar-refractivity contribution in [2.24, 2.45) is 0 Å². The lowest BCUT2D eigenvalue weighted by Crippen LogP contribution is -2.50. The number of urea groups is 1. The monoisotopic (exact) mass is 355 g/mol. The zero-order valence-electron chi connectivity index (χ0n) is 15.2. The lowest BCUT2D eigenvalue weighted by molar-refractivity contribution is -0.140. The Labute approximate surface area is 153 Å². The average molecular weight is 355 g/mol. The van der Waals surface area contributed by atoms with E-state index in [1.807, 2.05) is 18.2 Å². The Balaban J connectivity index is 1.48. The number of carbonyl (C=O) groups is 3. The number of fused-ring (bicyclic) bond motifs is 1. The van der Waals surface area contributed by atoms with Crippen LogP contribution in [0.3, 0.4) is 0 Å². The predicted molar refractivity (Wildman–Crippen MR) is 96.3 cm³/mol. The van der Waals surface area contributed by atoms with E-state index in [1.165, 1.54) is 10.5 Å². The van der Waals surface area contributed by atoms with Crippen LogP contribution < -0.4 is 0 Å². The third kappa shape index (κ3) is 2.59. The Hall–Kier alpha value is -2.37. The molecule has 1 aromatic rings. The Morgan fingerprint density at radius 1 is 1.08 bits per heavy atom. The van der Waals surface area contributed by atoms with E-state index in [0.717, 1.165) is 31.2 Å². The highest BCUT2D eigenvalue weighted by atomic mass is 16.2. The van der Waals surface area contributed by atoms with Gasteiger partial charge in [0.15, 0.2) is 0 Å². The maximum absolute atomic E-state index is 13.0. The van der Waals surface area contributed by atoms with Gasteiger partial charge in [-0.1, -0.05) is 43.5 Å². The first-order valence-corrected chi connectivity index (χ1v) is 9.47. The van der Waals surface area contributed by atoms with Crippen LogP contribution in [0.4, 0.5) is 4.79 Å². The van der Waals surface area contributed by atoms with Gasteiger partial charge in [0.2, 0.25) is 5.91 Å². The van der Waals surface area contributed by atoms with Gasteiger partial charge in [-0.2, -0.15) is 0 Å². The number of nitrogens with zero attached hydrogens (tertiary/aromatic N) is 3. The van der Waals surface area contributed by atoms with Crippen molar-refractivity contribution in [3.63, 3.8) is 0 Å². The maximum atomic E-state index is 13.0. The number of imide groups is 1. The van der Waals surface area contributed by atoms with Crippen LogP contribution in [0.2, 0.25) is 0 Å². The largest absolute Gasteiger partial charge is 0.336 e. The van der Waals surface area contributed by atoms with Crippen molar-refractivity contribution in [1.82, 2.24) is 14.7 Å². The number of benzene rings is 1. The predicted octanol–water partition coefficient (Wildman–Crippen LogP) is 2.17. The second kappa shape index (κ2) is 6.41. The third-order valence-electron chi connectivity index (χ3n) is 6.26. The van der Waals surface area contributed by atoms with Crippen molar-refractivity contribution in [2.45, 2.75) is 50.6 Å². The van der Waals surface area contributed by atoms with Crippen LogP contribution in [-0.2, 0) is 22.6 Å². The van der Waals surface area contributed by atoms with Crippen LogP contribution in [0.5, 0.6) is 0 Å². The number of hydrogen-bond donors (Lipinski definition) is 0. The summed E-state index contributed by atoms with van der Waals surface area (Å²) >= 11 is 0. The van der Waals surface area contributed by atoms with E-state index in [0.29, 0.717) is 25.9 Å². The Bertz CT molecular complexity index is 754. The van der Waals surface area contributed by atoms with Gasteiger partial charge in [0.25, 0.3) is 5.91 Å². The van der Waals surface area contributed by atoms with Crippen LogP contribution in [-0.4, -0.2) is 58.2 Å². The summed E-state index contributed by atoms with van der Waals surface area (Å²) in [7, 11) is 1.70. The first kappa shape index (κ1) is 17.1. The van der Waals surface area contributed by atoms with Crippen LogP contribution in [0.25, 0.3) is 0 Å². The molecule has 1 aliphatic carbocycles. The van der Waals surface area contributed by atoms with Crippen molar-refractivity contribution in [3.05, 3.63) is 35.4 Å². The molecular formula is C20H25N3O3. The molecule has 4 amide bonds. The van der Waals surface area contributed by atoms with Crippen LogP contribution in [0, 0.1) is 0 Å². The third-order valence-corrected chi connectivity index (χ3v) is 6.26. The zero-order valence-corrected chi connectivity index (χ0v) is 15.2. The molecule has 26 heavy (non-hydrogen) atoms. The molecular weight excluding hydrogens is 330 g/mol. The summed E-state index contributed by atoms with van der Waals surface area (Å²) in [6, 6.07) is 7.78. The van der Waals surface area contributed by atoms with E-state index in [2.05, 4.69) is 6.07 Å². The van der Waals surface area contributed by atoms with E-state index < -0.39 is 5.54 Å². The molecule has 138 valence electrons. The molecule has 0 bridgehead atoms. The minimum absolute atomic E-state index is 0.147. The van der Waals surface area contributed by atoms with Gasteiger partial charge in [0, 0.05) is 20.1 Å². The zero-order chi connectivity index (χ0) is 18.3. The molecule has 6 nitrogen and oxygen atoms in total. The fourth-order valence-corrected chi connectivity index (χ4v) is 4.61. The molecule has 0 aromatic heterocycles. The minimum Gasteiger partial charge on any atom is -0.336 e. The highest BCUT2D eigenvalue weighted by molar-refractivity contribution is 6.08. The summed E-state index contributed by atoms with van der Waals surface area (Å²) in [4.78, 5) is 43.0. The summed E-state index contributed by atoms with van der Waals surface area (Å²) in [5.41, 5.74) is 1.70. The first-order valence-electron chi connectivity index (χ1n) is 9.47. The molecule has 2 heterocycles. The van der Waals surface area contributed by atoms with Crippen molar-refractivity contribution in [2.75, 3.05) is 20.1 Å². The van der Waals surface area contributed by atoms with Crippen molar-refractivity contribution < 1.29 is 14.4 Å². The van der Waals surface area contributed by atoms with E-state index >= 15 is 0 Å². The number of carbonyl (C=O) groups excluding carboxylic acids is 3. The Morgan fingerprint density at radius 2 is 1.77 bits per heavy atom. The topological polar surface area (TPSA) is 60.9 Å². The maximum Gasteiger partial charge on any atom is 0.327 e. The smallest absolute Gasteiger partial charge is 0.327 e. The van der Waals surface area contributed by atoms with E-state index in [-0.39, 0.29) is 24.4 Å². The lowest BCUT2D eigenvalue weighted by Gasteiger charge is -2.35. The minimum atomic E-state index is -0.718. The van der Waals surface area contributed by atoms with Gasteiger partial charge >= 0.3 is 6.03 Å². The second-order valence-corrected chi connectivity index (χ2v) is 7.66. The number of rotatable bonds is 2. The highest BCUT2D eigenvalue weighted by Crippen LogP contribution is 2.39. The van der Waals surface area contributed by atoms with Crippen LogP contribution >= 0.6 is 0 Å². The molecule has 1 saturated heterocycles. The quantitative estimate of drug-likeness (QED) is 0.764. The molecule has 0 unspecified atom stereocenters. The van der Waals surface area contributed by atoms with Crippen molar-refractivity contribution in [1.29, 1.82) is 0 Å². The fourth-order valence-electron chi connectivity index (χ4n) is 4.61. The molecule has 2 aliphatic heterocycles. The molecule has 1 spiro atoms. The molecule has 2 fully saturated rings. The number of likely N-dealkylation sites (N-methyl/N-ethyl adjacent to an activating group) is 1. The molecule has 1 saturated carbocycles. The van der Waals surface area contributed by atoms with Gasteiger partial charge in [0.1, 0.15) is 12.1 Å². The normalized spacial score (nSPS) is 22.1. The van der Waals surface area contributed by atoms with Crippen LogP contribution in [0.1, 0.15) is 43.2 Å². The van der Waals surface area contributed by atoms with Crippen LogP contribution in [0.15, 0.2) is 24.3 Å². The van der Waals surface area contributed by atoms with E-state index in [4.69, 9.17) is 0 Å². The Morgan fingerprint density at radius 3 is 2.50 bits per heavy atom. The summed E-state index contributed by atoms with van der Waals surface area (Å²) in [5.74, 6) is -0.335. The van der Waals surface area contributed by atoms with Gasteiger partial charge in [-0.15, -0.1) is 0 Å². The lowest BCUT2D eigenvalue weighted by atomic mass is 9.81. The Kier molecular flexibility index (Phi) is 4.21. The van der Waals surface area contributed by atoms with Crippen molar-refractivity contribution >= 4 is 17.8 Å². The highest BCUT2D eigenvalue weighted by Gasteiger charge is 2.56. The summed E-state index contributed by atoms with van der Waals surface area (Å²) in [6.45, 7) is 1.03. The van der Waals surface area contributed by atoms with Gasteiger partial charge in [-0.25, -0.2) is 4.79 Å². The summed E-state index contributed by atoms with van der Waals surface area (Å²) in [6.07, 6.45) is 5.23. The average Bonchev–Trinajstić information content (AvgIpc) is 2.84. The van der Waals surface area contributed by atoms with Gasteiger partial charge in [0.05, 0.1) is 0 Å². The van der Waals surface area contributed by atoms with Gasteiger partial charge in [-0.05, 0) is 30.4 Å². The summed E-state index contributed by atoms with van der Waals surface area (Å²) in [5, 5.41) is 0. The van der Waals surface area contributed by atoms with Crippen molar-refractivity contribution in [3.8, 4) is 0 Å². The molecule has 0 radical (unpaired) electrons.